The minimum absolute atomic E-state index is 0.0108. The van der Waals surface area contributed by atoms with Gasteiger partial charge in [-0.2, -0.15) is 0 Å². The molecule has 3 fully saturated rings. The number of carbonyl (C=O) groups excluding carboxylic acids is 2. The summed E-state index contributed by atoms with van der Waals surface area (Å²) in [7, 11) is 0. The summed E-state index contributed by atoms with van der Waals surface area (Å²) in [4.78, 5) is 33.5. The molecule has 3 aliphatic rings. The second kappa shape index (κ2) is 9.88. The molecule has 0 aromatic carbocycles. The van der Waals surface area contributed by atoms with Gasteiger partial charge in [-0.25, -0.2) is 9.79 Å². The average molecular weight is 422 g/mol. The van der Waals surface area contributed by atoms with Crippen molar-refractivity contribution in [2.75, 3.05) is 32.7 Å². The summed E-state index contributed by atoms with van der Waals surface area (Å²) in [5.41, 5.74) is -0.481. The van der Waals surface area contributed by atoms with E-state index in [0.717, 1.165) is 57.8 Å². The number of guanidine groups is 1. The van der Waals surface area contributed by atoms with Gasteiger partial charge in [-0.3, -0.25) is 4.79 Å². The number of aliphatic imine (C=N–C) groups is 1. The molecule has 0 aromatic rings. The van der Waals surface area contributed by atoms with Gasteiger partial charge in [-0.1, -0.05) is 0 Å². The van der Waals surface area contributed by atoms with E-state index in [-0.39, 0.29) is 24.6 Å². The highest BCUT2D eigenvalue weighted by Crippen LogP contribution is 2.32. The van der Waals surface area contributed by atoms with Crippen molar-refractivity contribution in [2.24, 2.45) is 10.9 Å². The fourth-order valence-corrected chi connectivity index (χ4v) is 3.73. The van der Waals surface area contributed by atoms with Gasteiger partial charge in [0.05, 0.1) is 0 Å². The zero-order valence-corrected chi connectivity index (χ0v) is 19.1. The maximum atomic E-state index is 12.8. The molecule has 2 saturated carbocycles. The van der Waals surface area contributed by atoms with E-state index in [4.69, 9.17) is 4.74 Å². The van der Waals surface area contributed by atoms with E-state index in [2.05, 4.69) is 20.5 Å². The highest BCUT2D eigenvalue weighted by molar-refractivity contribution is 5.85. The van der Waals surface area contributed by atoms with E-state index in [1.54, 1.807) is 0 Å². The molecule has 2 N–H and O–H groups in total. The quantitative estimate of drug-likeness (QED) is 0.487. The van der Waals surface area contributed by atoms with E-state index < -0.39 is 5.60 Å². The minimum Gasteiger partial charge on any atom is -0.444 e. The third-order valence-electron chi connectivity index (χ3n) is 5.63. The average Bonchev–Trinajstić information content (AvgIpc) is 3.58. The summed E-state index contributed by atoms with van der Waals surface area (Å²) in [6.07, 6.45) is 6.15. The van der Waals surface area contributed by atoms with Crippen LogP contribution in [0.1, 0.15) is 66.2 Å². The monoisotopic (exact) mass is 421 g/mol. The standard InChI is InChI=1S/C22H39N5O3/c1-5-23-20(24-14-19(28)25-17-8-9-17)26-12-10-18(11-13-26)27(15-16-6-7-16)21(29)30-22(2,3)4/h16-18H,5-15H2,1-4H3,(H,23,24)(H,25,28). The lowest BCUT2D eigenvalue weighted by molar-refractivity contribution is -0.119. The zero-order valence-electron chi connectivity index (χ0n) is 19.1. The Balaban J connectivity index is 1.55. The summed E-state index contributed by atoms with van der Waals surface area (Å²) in [6.45, 7) is 11.1. The van der Waals surface area contributed by atoms with E-state index in [1.165, 1.54) is 12.8 Å². The predicted molar refractivity (Wildman–Crippen MR) is 117 cm³/mol. The zero-order chi connectivity index (χ0) is 21.7. The molecule has 0 spiro atoms. The number of likely N-dealkylation sites (tertiary alicyclic amines) is 1. The molecule has 1 heterocycles. The maximum Gasteiger partial charge on any atom is 0.410 e. The Labute approximate surface area is 180 Å². The van der Waals surface area contributed by atoms with Crippen LogP contribution in [0.3, 0.4) is 0 Å². The van der Waals surface area contributed by atoms with Crippen LogP contribution >= 0.6 is 0 Å². The van der Waals surface area contributed by atoms with Crippen LogP contribution in [0, 0.1) is 5.92 Å². The Hall–Kier alpha value is -1.99. The van der Waals surface area contributed by atoms with Gasteiger partial charge in [0, 0.05) is 38.3 Å². The summed E-state index contributed by atoms with van der Waals surface area (Å²) < 4.78 is 5.69. The van der Waals surface area contributed by atoms with Crippen LogP contribution in [-0.2, 0) is 9.53 Å². The number of amides is 2. The van der Waals surface area contributed by atoms with Crippen molar-refractivity contribution in [1.29, 1.82) is 0 Å². The summed E-state index contributed by atoms with van der Waals surface area (Å²) >= 11 is 0. The third kappa shape index (κ3) is 7.36. The smallest absolute Gasteiger partial charge is 0.410 e. The molecule has 170 valence electrons. The molecule has 0 unspecified atom stereocenters. The van der Waals surface area contributed by atoms with Crippen molar-refractivity contribution < 1.29 is 14.3 Å². The molecule has 8 nitrogen and oxygen atoms in total. The molecule has 2 amide bonds. The van der Waals surface area contributed by atoms with Gasteiger partial charge in [0.2, 0.25) is 5.91 Å². The lowest BCUT2D eigenvalue weighted by Gasteiger charge is -2.40. The van der Waals surface area contributed by atoms with Gasteiger partial charge in [-0.05, 0) is 72.1 Å². The van der Waals surface area contributed by atoms with Gasteiger partial charge in [0.1, 0.15) is 12.1 Å². The number of hydrogen-bond donors (Lipinski definition) is 2. The largest absolute Gasteiger partial charge is 0.444 e. The van der Waals surface area contributed by atoms with Crippen LogP contribution in [-0.4, -0.2) is 78.2 Å². The summed E-state index contributed by atoms with van der Waals surface area (Å²) in [6, 6.07) is 0.550. The van der Waals surface area contributed by atoms with Gasteiger partial charge in [0.15, 0.2) is 5.96 Å². The summed E-state index contributed by atoms with van der Waals surface area (Å²) in [5, 5.41) is 6.29. The van der Waals surface area contributed by atoms with Crippen molar-refractivity contribution in [1.82, 2.24) is 20.4 Å². The van der Waals surface area contributed by atoms with Crippen LogP contribution in [0.25, 0.3) is 0 Å². The Kier molecular flexibility index (Phi) is 7.47. The van der Waals surface area contributed by atoms with Crippen LogP contribution < -0.4 is 10.6 Å². The van der Waals surface area contributed by atoms with Gasteiger partial charge >= 0.3 is 6.09 Å². The molecule has 1 aliphatic heterocycles. The fourth-order valence-electron chi connectivity index (χ4n) is 3.73. The van der Waals surface area contributed by atoms with E-state index in [0.29, 0.717) is 12.0 Å². The molecular weight excluding hydrogens is 382 g/mol. The van der Waals surface area contributed by atoms with Crippen molar-refractivity contribution in [2.45, 2.75) is 83.9 Å². The molecular formula is C22H39N5O3. The van der Waals surface area contributed by atoms with Crippen molar-refractivity contribution >= 4 is 18.0 Å². The number of ether oxygens (including phenoxy) is 1. The van der Waals surface area contributed by atoms with E-state index in [1.807, 2.05) is 32.6 Å². The SMILES string of the molecule is CCNC(=NCC(=O)NC1CC1)N1CCC(N(CC2CC2)C(=O)OC(C)(C)C)CC1. The first-order valence-electron chi connectivity index (χ1n) is 11.6. The minimum atomic E-state index is -0.481. The van der Waals surface area contributed by atoms with Gasteiger partial charge in [0.25, 0.3) is 0 Å². The number of nitrogens with one attached hydrogen (secondary N) is 2. The first kappa shape index (κ1) is 22.7. The number of carbonyl (C=O) groups is 2. The molecule has 3 rings (SSSR count). The van der Waals surface area contributed by atoms with Crippen molar-refractivity contribution in [3.8, 4) is 0 Å². The lowest BCUT2D eigenvalue weighted by Crippen LogP contribution is -2.52. The molecule has 8 heteroatoms. The molecule has 0 bridgehead atoms. The van der Waals surface area contributed by atoms with Crippen molar-refractivity contribution in [3.63, 3.8) is 0 Å². The van der Waals surface area contributed by atoms with E-state index in [9.17, 15) is 9.59 Å². The molecule has 0 radical (unpaired) electrons. The predicted octanol–water partition coefficient (Wildman–Crippen LogP) is 2.34. The maximum absolute atomic E-state index is 12.8. The summed E-state index contributed by atoms with van der Waals surface area (Å²) in [5.74, 6) is 1.40. The van der Waals surface area contributed by atoms with Crippen LogP contribution in [0.15, 0.2) is 4.99 Å². The number of rotatable bonds is 7. The molecule has 30 heavy (non-hydrogen) atoms. The van der Waals surface area contributed by atoms with E-state index >= 15 is 0 Å². The Morgan fingerprint density at radius 3 is 2.30 bits per heavy atom. The second-order valence-electron chi connectivity index (χ2n) is 9.81. The topological polar surface area (TPSA) is 86.3 Å². The first-order valence-corrected chi connectivity index (χ1v) is 11.6. The highest BCUT2D eigenvalue weighted by atomic mass is 16.6. The fraction of sp³-hybridized carbons (Fsp3) is 0.864. The number of hydrogen-bond acceptors (Lipinski definition) is 4. The highest BCUT2D eigenvalue weighted by Gasteiger charge is 2.35. The number of piperidine rings is 1. The van der Waals surface area contributed by atoms with Crippen LogP contribution in [0.4, 0.5) is 4.79 Å². The molecule has 2 aliphatic carbocycles. The molecule has 0 atom stereocenters. The van der Waals surface area contributed by atoms with Gasteiger partial charge in [-0.15, -0.1) is 0 Å². The molecule has 0 aromatic heterocycles. The Bertz CT molecular complexity index is 629. The van der Waals surface area contributed by atoms with Crippen LogP contribution in [0.5, 0.6) is 0 Å². The second-order valence-corrected chi connectivity index (χ2v) is 9.81. The third-order valence-corrected chi connectivity index (χ3v) is 5.63. The number of nitrogens with zero attached hydrogens (tertiary/aromatic N) is 3. The Morgan fingerprint density at radius 1 is 1.10 bits per heavy atom. The normalized spacial score (nSPS) is 20.7. The van der Waals surface area contributed by atoms with Gasteiger partial charge < -0.3 is 25.2 Å². The van der Waals surface area contributed by atoms with Crippen molar-refractivity contribution in [3.05, 3.63) is 0 Å². The lowest BCUT2D eigenvalue weighted by atomic mass is 10.0. The Morgan fingerprint density at radius 2 is 1.77 bits per heavy atom. The first-order chi connectivity index (χ1) is 14.2. The van der Waals surface area contributed by atoms with Crippen LogP contribution in [0.2, 0.25) is 0 Å². The molecule has 1 saturated heterocycles.